The molecule has 0 unspecified atom stereocenters. The summed E-state index contributed by atoms with van der Waals surface area (Å²) in [6, 6.07) is 0.918. The van der Waals surface area contributed by atoms with Gasteiger partial charge in [0.1, 0.15) is 5.75 Å². The number of alkyl halides is 2. The number of rotatable bonds is 4. The Morgan fingerprint density at radius 1 is 1.62 bits per heavy atom. The second kappa shape index (κ2) is 4.60. The zero-order valence-electron chi connectivity index (χ0n) is 8.02. The van der Waals surface area contributed by atoms with Gasteiger partial charge in [0, 0.05) is 6.07 Å². The Hall–Kier alpha value is -2.12. The minimum atomic E-state index is -3.11. The monoisotopic (exact) mass is 232 g/mol. The predicted octanol–water partition coefficient (Wildman–Crippen LogP) is 1.75. The van der Waals surface area contributed by atoms with Crippen LogP contribution in [0.4, 0.5) is 14.6 Å². The molecule has 6 nitrogen and oxygen atoms in total. The highest BCUT2D eigenvalue weighted by Gasteiger charge is 2.29. The molecule has 0 spiro atoms. The molecule has 0 aliphatic carbocycles. The van der Waals surface area contributed by atoms with Crippen molar-refractivity contribution in [2.75, 3.05) is 7.11 Å². The van der Waals surface area contributed by atoms with E-state index < -0.39 is 28.5 Å². The van der Waals surface area contributed by atoms with Gasteiger partial charge in [0.2, 0.25) is 5.69 Å². The average molecular weight is 232 g/mol. The van der Waals surface area contributed by atoms with E-state index in [9.17, 15) is 23.7 Å². The summed E-state index contributed by atoms with van der Waals surface area (Å²) in [7, 11) is 1.07. The second-order valence-corrected chi connectivity index (χ2v) is 2.66. The fraction of sp³-hybridized carbons (Fsp3) is 0.250. The molecule has 0 saturated carbocycles. The maximum atomic E-state index is 12.6. The molecule has 1 aromatic heterocycles. The number of aromatic nitrogens is 1. The molecule has 0 saturated heterocycles. The lowest BCUT2D eigenvalue weighted by molar-refractivity contribution is -0.391. The van der Waals surface area contributed by atoms with E-state index in [-0.39, 0.29) is 12.0 Å². The van der Waals surface area contributed by atoms with Gasteiger partial charge in [-0.3, -0.25) is 4.79 Å². The third kappa shape index (κ3) is 2.10. The number of methoxy groups -OCH3 is 1. The Kier molecular flexibility index (Phi) is 3.44. The number of aldehydes is 1. The first-order valence-electron chi connectivity index (χ1n) is 3.98. The number of nitro groups is 1. The molecule has 8 heteroatoms. The number of pyridine rings is 1. The normalized spacial score (nSPS) is 10.2. The molecule has 0 fully saturated rings. The number of carbonyl (C=O) groups excluding carboxylic acids is 1. The summed E-state index contributed by atoms with van der Waals surface area (Å²) >= 11 is 0. The molecule has 1 heterocycles. The standard InChI is InChI=1S/C8H6F2N2O4/c1-16-5-2-4(3-13)11-8(12(14)15)6(5)7(9)10/h2-3,7H,1H3. The van der Waals surface area contributed by atoms with E-state index >= 15 is 0 Å². The van der Waals surface area contributed by atoms with E-state index in [2.05, 4.69) is 9.72 Å². The third-order valence-electron chi connectivity index (χ3n) is 1.75. The first-order valence-corrected chi connectivity index (χ1v) is 3.98. The maximum Gasteiger partial charge on any atom is 0.376 e. The fourth-order valence-electron chi connectivity index (χ4n) is 1.11. The average Bonchev–Trinajstić information content (AvgIpc) is 2.26. The fourth-order valence-corrected chi connectivity index (χ4v) is 1.11. The highest BCUT2D eigenvalue weighted by molar-refractivity contribution is 5.74. The molecule has 0 radical (unpaired) electrons. The lowest BCUT2D eigenvalue weighted by Crippen LogP contribution is -2.04. The van der Waals surface area contributed by atoms with Crippen molar-refractivity contribution in [2.45, 2.75) is 6.43 Å². The molecule has 0 N–H and O–H groups in total. The quantitative estimate of drug-likeness (QED) is 0.448. The van der Waals surface area contributed by atoms with Crippen molar-refractivity contribution in [1.82, 2.24) is 4.98 Å². The highest BCUT2D eigenvalue weighted by atomic mass is 19.3. The van der Waals surface area contributed by atoms with E-state index in [1.807, 2.05) is 0 Å². The van der Waals surface area contributed by atoms with Crippen LogP contribution in [0.5, 0.6) is 5.75 Å². The predicted molar refractivity (Wildman–Crippen MR) is 47.8 cm³/mol. The van der Waals surface area contributed by atoms with Gasteiger partial charge in [-0.15, -0.1) is 0 Å². The van der Waals surface area contributed by atoms with Gasteiger partial charge in [-0.05, 0) is 9.91 Å². The van der Waals surface area contributed by atoms with E-state index in [1.54, 1.807) is 0 Å². The van der Waals surface area contributed by atoms with E-state index in [0.29, 0.717) is 0 Å². The lowest BCUT2D eigenvalue weighted by atomic mass is 10.2. The highest BCUT2D eigenvalue weighted by Crippen LogP contribution is 2.35. The summed E-state index contributed by atoms with van der Waals surface area (Å²) in [5.74, 6) is -1.50. The third-order valence-corrected chi connectivity index (χ3v) is 1.75. The summed E-state index contributed by atoms with van der Waals surface area (Å²) in [6.45, 7) is 0. The first kappa shape index (κ1) is 12.0. The van der Waals surface area contributed by atoms with Gasteiger partial charge >= 0.3 is 5.82 Å². The molecular formula is C8H6F2N2O4. The van der Waals surface area contributed by atoms with Crippen molar-refractivity contribution in [1.29, 1.82) is 0 Å². The molecule has 16 heavy (non-hydrogen) atoms. The van der Waals surface area contributed by atoms with Crippen LogP contribution < -0.4 is 4.74 Å². The zero-order chi connectivity index (χ0) is 12.3. The van der Waals surface area contributed by atoms with Crippen molar-refractivity contribution < 1.29 is 23.2 Å². The van der Waals surface area contributed by atoms with Crippen molar-refractivity contribution in [3.63, 3.8) is 0 Å². The molecule has 0 amide bonds. The molecule has 0 aromatic carbocycles. The van der Waals surface area contributed by atoms with Crippen LogP contribution in [-0.2, 0) is 0 Å². The van der Waals surface area contributed by atoms with Gasteiger partial charge in [0.15, 0.2) is 11.8 Å². The topological polar surface area (TPSA) is 82.3 Å². The minimum Gasteiger partial charge on any atom is -0.496 e. The van der Waals surface area contributed by atoms with E-state index in [0.717, 1.165) is 13.2 Å². The van der Waals surface area contributed by atoms with Crippen LogP contribution in [0.3, 0.4) is 0 Å². The molecule has 86 valence electrons. The van der Waals surface area contributed by atoms with Crippen LogP contribution in [0.1, 0.15) is 22.5 Å². The largest absolute Gasteiger partial charge is 0.496 e. The van der Waals surface area contributed by atoms with Gasteiger partial charge in [-0.2, -0.15) is 0 Å². The van der Waals surface area contributed by atoms with Gasteiger partial charge in [-0.25, -0.2) is 8.78 Å². The number of carbonyl (C=O) groups is 1. The number of halogens is 2. The Labute approximate surface area is 88.0 Å². The van der Waals surface area contributed by atoms with Crippen LogP contribution >= 0.6 is 0 Å². The van der Waals surface area contributed by atoms with Crippen molar-refractivity contribution in [3.05, 3.63) is 27.4 Å². The minimum absolute atomic E-state index is 0.213. The molecular weight excluding hydrogens is 226 g/mol. The van der Waals surface area contributed by atoms with Crippen LogP contribution in [-0.4, -0.2) is 23.3 Å². The van der Waals surface area contributed by atoms with Crippen LogP contribution in [0.25, 0.3) is 0 Å². The number of ether oxygens (including phenoxy) is 1. The smallest absolute Gasteiger partial charge is 0.376 e. The van der Waals surface area contributed by atoms with Gasteiger partial charge in [0.05, 0.1) is 7.11 Å². The number of hydrogen-bond donors (Lipinski definition) is 0. The molecule has 0 aliphatic rings. The Bertz CT molecular complexity index is 436. The summed E-state index contributed by atoms with van der Waals surface area (Å²) < 4.78 is 29.7. The first-order chi connectivity index (χ1) is 7.51. The summed E-state index contributed by atoms with van der Waals surface area (Å²) in [5, 5.41) is 10.5. The molecule has 0 bridgehead atoms. The zero-order valence-corrected chi connectivity index (χ0v) is 8.02. The summed E-state index contributed by atoms with van der Waals surface area (Å²) in [6.07, 6.45) is -2.89. The van der Waals surface area contributed by atoms with E-state index in [1.165, 1.54) is 0 Å². The van der Waals surface area contributed by atoms with Crippen LogP contribution in [0, 0.1) is 10.1 Å². The second-order valence-electron chi connectivity index (χ2n) is 2.66. The van der Waals surface area contributed by atoms with Crippen molar-refractivity contribution >= 4 is 12.1 Å². The maximum absolute atomic E-state index is 12.6. The summed E-state index contributed by atoms with van der Waals surface area (Å²) in [5.41, 5.74) is -1.27. The molecule has 0 aliphatic heterocycles. The Balaban J connectivity index is 3.53. The molecule has 1 rings (SSSR count). The van der Waals surface area contributed by atoms with Gasteiger partial charge < -0.3 is 14.9 Å². The number of hydrogen-bond acceptors (Lipinski definition) is 5. The Morgan fingerprint density at radius 2 is 2.25 bits per heavy atom. The van der Waals surface area contributed by atoms with Gasteiger partial charge in [0.25, 0.3) is 6.43 Å². The number of nitrogens with zero attached hydrogens (tertiary/aromatic N) is 2. The summed E-state index contributed by atoms with van der Waals surface area (Å²) in [4.78, 5) is 23.0. The molecule has 1 aromatic rings. The lowest BCUT2D eigenvalue weighted by Gasteiger charge is -2.07. The van der Waals surface area contributed by atoms with E-state index in [4.69, 9.17) is 0 Å². The van der Waals surface area contributed by atoms with Gasteiger partial charge in [-0.1, -0.05) is 0 Å². The van der Waals surface area contributed by atoms with Crippen molar-refractivity contribution in [3.8, 4) is 5.75 Å². The van der Waals surface area contributed by atoms with Crippen LogP contribution in [0.15, 0.2) is 6.07 Å². The Morgan fingerprint density at radius 3 is 2.62 bits per heavy atom. The molecule has 0 atom stereocenters. The van der Waals surface area contributed by atoms with Crippen molar-refractivity contribution in [2.24, 2.45) is 0 Å². The SMILES string of the molecule is COc1cc(C=O)nc([N+](=O)[O-])c1C(F)F. The van der Waals surface area contributed by atoms with Crippen LogP contribution in [0.2, 0.25) is 0 Å².